The summed E-state index contributed by atoms with van der Waals surface area (Å²) in [5.74, 6) is -3.25. The predicted octanol–water partition coefficient (Wildman–Crippen LogP) is 2.52. The molecule has 318 valence electrons. The zero-order valence-corrected chi connectivity index (χ0v) is 33.4. The molecule has 5 heterocycles. The van der Waals surface area contributed by atoms with Crippen LogP contribution in [0.4, 0.5) is 0 Å². The number of fused-ring (bicyclic) bond motifs is 5. The second-order valence-electron chi connectivity index (χ2n) is 17.5. The first-order valence-corrected chi connectivity index (χ1v) is 20.4. The second-order valence-corrected chi connectivity index (χ2v) is 17.5. The number of Topliss-reactive ketones (excluding diaryl/α,β-unsaturated/α-hetero) is 3. The molecule has 1 aromatic carbocycles. The molecular formula is C43H50O16. The minimum absolute atomic E-state index is 0.148. The van der Waals surface area contributed by atoms with E-state index in [2.05, 4.69) is 0 Å². The summed E-state index contributed by atoms with van der Waals surface area (Å²) in [5.41, 5.74) is -7.69. The van der Waals surface area contributed by atoms with Gasteiger partial charge in [0.1, 0.15) is 29.7 Å². The monoisotopic (exact) mass is 822 g/mol. The van der Waals surface area contributed by atoms with Gasteiger partial charge in [-0.3, -0.25) is 19.2 Å². The molecule has 59 heavy (non-hydrogen) atoms. The van der Waals surface area contributed by atoms with Gasteiger partial charge in [-0.2, -0.15) is 0 Å². The van der Waals surface area contributed by atoms with Crippen molar-refractivity contribution in [1.82, 2.24) is 0 Å². The highest BCUT2D eigenvalue weighted by molar-refractivity contribution is 6.32. The molecule has 16 heteroatoms. The number of phenolic OH excluding ortho intramolecular Hbond substituents is 1. The van der Waals surface area contributed by atoms with Gasteiger partial charge in [-0.15, -0.1) is 0 Å². The van der Waals surface area contributed by atoms with Crippen LogP contribution >= 0.6 is 0 Å². The Morgan fingerprint density at radius 3 is 2.36 bits per heavy atom. The van der Waals surface area contributed by atoms with Crippen LogP contribution in [0.15, 0.2) is 47.6 Å². The van der Waals surface area contributed by atoms with E-state index in [-0.39, 0.29) is 47.0 Å². The molecule has 16 nitrogen and oxygen atoms in total. The van der Waals surface area contributed by atoms with Crippen molar-refractivity contribution in [3.05, 3.63) is 64.3 Å². The smallest absolute Gasteiger partial charge is 0.198 e. The van der Waals surface area contributed by atoms with Crippen LogP contribution < -0.4 is 0 Å². The number of ether oxygens (including phenoxy) is 8. The SMILES string of the molecule is CC1OC(OC2CCC(O[C@@]3(C)CC(=O)[C@@]4(O)C5=C(C=C[C@]4(O)C3)C(=O)c3c(ccc(C4C[C@H]6O[C@H]7C[C@@H](O)[C@H](C)OC7O[C@@H]6[C@@H](C)O4)c3O)C5=O)OC2C)C=CC1=O. The zero-order valence-electron chi connectivity index (χ0n) is 33.4. The van der Waals surface area contributed by atoms with Gasteiger partial charge in [0.25, 0.3) is 0 Å². The number of aliphatic hydroxyl groups excluding tert-OH is 1. The molecule has 1 aromatic rings. The van der Waals surface area contributed by atoms with Crippen LogP contribution in [0.3, 0.4) is 0 Å². The highest BCUT2D eigenvalue weighted by Gasteiger charge is 2.67. The second kappa shape index (κ2) is 14.6. The summed E-state index contributed by atoms with van der Waals surface area (Å²) in [6.45, 7) is 8.63. The number of allylic oxidation sites excluding steroid dienone is 2. The summed E-state index contributed by atoms with van der Waals surface area (Å²) >= 11 is 0. The number of aliphatic hydroxyl groups is 3. The number of benzene rings is 1. The Balaban J connectivity index is 0.910. The van der Waals surface area contributed by atoms with Gasteiger partial charge in [0.2, 0.25) is 0 Å². The van der Waals surface area contributed by atoms with Crippen molar-refractivity contribution in [3.8, 4) is 5.75 Å². The highest BCUT2D eigenvalue weighted by atomic mass is 16.7. The Hall–Kier alpha value is -3.52. The van der Waals surface area contributed by atoms with Crippen LogP contribution in [-0.2, 0) is 47.5 Å². The minimum Gasteiger partial charge on any atom is -0.507 e. The van der Waals surface area contributed by atoms with Gasteiger partial charge in [-0.05, 0) is 65.3 Å². The van der Waals surface area contributed by atoms with E-state index < -0.39 is 126 Å². The molecular weight excluding hydrogens is 772 g/mol. The lowest BCUT2D eigenvalue weighted by atomic mass is 9.57. The Morgan fingerprint density at radius 1 is 0.831 bits per heavy atom. The number of aromatic hydroxyl groups is 1. The summed E-state index contributed by atoms with van der Waals surface area (Å²) in [6, 6.07) is 2.82. The normalized spacial score (nSPS) is 45.7. The quantitative estimate of drug-likeness (QED) is 0.335. The van der Waals surface area contributed by atoms with E-state index in [4.69, 9.17) is 37.9 Å². The first kappa shape index (κ1) is 40.9. The van der Waals surface area contributed by atoms with Crippen LogP contribution in [0.5, 0.6) is 5.75 Å². The number of carbonyl (C=O) groups is 4. The molecule has 0 radical (unpaired) electrons. The lowest BCUT2D eigenvalue weighted by Crippen LogP contribution is -2.69. The van der Waals surface area contributed by atoms with E-state index in [1.807, 2.05) is 0 Å². The van der Waals surface area contributed by atoms with Crippen molar-refractivity contribution in [2.75, 3.05) is 0 Å². The molecule has 0 aromatic heterocycles. The largest absolute Gasteiger partial charge is 0.507 e. The van der Waals surface area contributed by atoms with Crippen molar-refractivity contribution >= 4 is 23.1 Å². The fourth-order valence-electron chi connectivity index (χ4n) is 10.1. The van der Waals surface area contributed by atoms with Crippen LogP contribution in [-0.4, -0.2) is 134 Å². The topological polar surface area (TPSA) is 223 Å². The predicted molar refractivity (Wildman–Crippen MR) is 200 cm³/mol. The molecule has 5 fully saturated rings. The molecule has 4 saturated heterocycles. The number of ketones is 4. The molecule has 0 spiro atoms. The van der Waals surface area contributed by atoms with Gasteiger partial charge in [-0.25, -0.2) is 0 Å². The minimum atomic E-state index is -2.80. The van der Waals surface area contributed by atoms with Crippen LogP contribution in [0, 0.1) is 0 Å². The summed E-state index contributed by atoms with van der Waals surface area (Å²) < 4.78 is 48.8. The summed E-state index contributed by atoms with van der Waals surface area (Å²) in [6.07, 6.45) is -1.63. The number of hydrogen-bond acceptors (Lipinski definition) is 16. The average Bonchev–Trinajstić information content (AvgIpc) is 3.16. The first-order valence-electron chi connectivity index (χ1n) is 20.4. The maximum atomic E-state index is 14.4. The van der Waals surface area contributed by atoms with E-state index in [0.717, 1.165) is 6.08 Å². The van der Waals surface area contributed by atoms with E-state index in [9.17, 15) is 39.6 Å². The number of carbonyl (C=O) groups excluding carboxylic acids is 4. The molecule has 3 aliphatic carbocycles. The zero-order chi connectivity index (χ0) is 41.9. The van der Waals surface area contributed by atoms with Crippen molar-refractivity contribution in [1.29, 1.82) is 0 Å². The van der Waals surface area contributed by atoms with E-state index in [0.29, 0.717) is 19.3 Å². The molecule has 4 N–H and O–H groups in total. The molecule has 9 rings (SSSR count). The Morgan fingerprint density at radius 2 is 1.61 bits per heavy atom. The molecule has 16 atom stereocenters. The molecule has 5 aliphatic heterocycles. The Labute approximate surface area is 340 Å². The first-order chi connectivity index (χ1) is 27.9. The van der Waals surface area contributed by atoms with E-state index in [1.54, 1.807) is 40.7 Å². The highest BCUT2D eigenvalue weighted by Crippen LogP contribution is 2.53. The third-order valence-electron chi connectivity index (χ3n) is 13.3. The van der Waals surface area contributed by atoms with Crippen LogP contribution in [0.1, 0.15) is 106 Å². The Kier molecular flexibility index (Phi) is 10.1. The van der Waals surface area contributed by atoms with Crippen molar-refractivity contribution < 1.29 is 77.5 Å². The van der Waals surface area contributed by atoms with Crippen molar-refractivity contribution in [2.45, 2.75) is 170 Å². The van der Waals surface area contributed by atoms with Crippen LogP contribution in [0.25, 0.3) is 0 Å². The Bertz CT molecular complexity index is 2060. The third kappa shape index (κ3) is 6.63. The standard InChI is InChI=1S/C43H50O16/c1-18-25(44)8-10-32(53-18)57-27-9-11-33(54-20(27)3)59-41(5)16-31(46)43(51)35-24(12-13-42(43,50)17-41)37(48)34-23(38(35)49)7-6-22(36(34)47)28-15-29-39(21(4)52-28)58-40-30(56-29)14-26(45)19(2)55-40/h6-8,10,12-13,18-21,26-30,32-33,39-40,45,47,50-51H,9,11,14-17H2,1-5H3/t18?,19-,20?,21+,26+,27?,28?,29+,30-,32?,33?,39+,40?,41-,42-,43+/m0/s1. The van der Waals surface area contributed by atoms with Gasteiger partial charge < -0.3 is 58.3 Å². The van der Waals surface area contributed by atoms with E-state index in [1.165, 1.54) is 24.3 Å². The van der Waals surface area contributed by atoms with Gasteiger partial charge in [-0.1, -0.05) is 12.1 Å². The van der Waals surface area contributed by atoms with Crippen molar-refractivity contribution in [2.24, 2.45) is 0 Å². The van der Waals surface area contributed by atoms with Gasteiger partial charge >= 0.3 is 0 Å². The van der Waals surface area contributed by atoms with Gasteiger partial charge in [0.15, 0.2) is 47.6 Å². The van der Waals surface area contributed by atoms with E-state index >= 15 is 0 Å². The molecule has 0 amide bonds. The molecule has 7 unspecified atom stereocenters. The summed E-state index contributed by atoms with van der Waals surface area (Å²) in [7, 11) is 0. The number of rotatable bonds is 5. The third-order valence-corrected chi connectivity index (χ3v) is 13.3. The summed E-state index contributed by atoms with van der Waals surface area (Å²) in [4.78, 5) is 54.6. The summed E-state index contributed by atoms with van der Waals surface area (Å²) in [5, 5.41) is 46.5. The maximum Gasteiger partial charge on any atom is 0.198 e. The number of phenols is 1. The lowest BCUT2D eigenvalue weighted by Gasteiger charge is -2.53. The number of hydrogen-bond donors (Lipinski definition) is 4. The average molecular weight is 823 g/mol. The molecule has 8 aliphatic rings. The fraction of sp³-hybridized carbons (Fsp3) is 0.628. The fourth-order valence-corrected chi connectivity index (χ4v) is 10.1. The molecule has 0 bridgehead atoms. The maximum absolute atomic E-state index is 14.4. The van der Waals surface area contributed by atoms with Crippen molar-refractivity contribution in [3.63, 3.8) is 0 Å². The van der Waals surface area contributed by atoms with Gasteiger partial charge in [0.05, 0.1) is 59.5 Å². The lowest BCUT2D eigenvalue weighted by molar-refractivity contribution is -0.365. The molecule has 1 saturated carbocycles. The van der Waals surface area contributed by atoms with Gasteiger partial charge in [0, 0.05) is 48.8 Å². The van der Waals surface area contributed by atoms with Crippen LogP contribution in [0.2, 0.25) is 0 Å².